The van der Waals surface area contributed by atoms with Crippen molar-refractivity contribution in [3.63, 3.8) is 0 Å². The minimum Gasteiger partial charge on any atom is -0.383 e. The number of nitrogens with zero attached hydrogens (tertiary/aromatic N) is 2. The fourth-order valence-corrected chi connectivity index (χ4v) is 2.35. The normalized spacial score (nSPS) is 14.1. The fraction of sp³-hybridized carbons (Fsp3) is 0.286. The van der Waals surface area contributed by atoms with Crippen molar-refractivity contribution in [2.45, 2.75) is 25.4 Å². The van der Waals surface area contributed by atoms with E-state index in [0.717, 1.165) is 16.2 Å². The smallest absolute Gasteiger partial charge is 0.141 e. The first-order chi connectivity index (χ1) is 9.03. The van der Waals surface area contributed by atoms with Crippen LogP contribution in [0.4, 0.5) is 4.39 Å². The molecule has 1 N–H and O–H groups in total. The SMILES string of the molecule is CCC(O)(Cc1cncc(Br)c1)c1ccc(F)cn1. The second-order valence-electron chi connectivity index (χ2n) is 4.43. The van der Waals surface area contributed by atoms with Crippen molar-refractivity contribution >= 4 is 15.9 Å². The average Bonchev–Trinajstić information content (AvgIpc) is 2.39. The van der Waals surface area contributed by atoms with Crippen LogP contribution in [0.1, 0.15) is 24.6 Å². The van der Waals surface area contributed by atoms with Crippen LogP contribution in [0.5, 0.6) is 0 Å². The van der Waals surface area contributed by atoms with Gasteiger partial charge in [-0.05, 0) is 46.1 Å². The molecule has 0 saturated heterocycles. The molecule has 2 aromatic rings. The van der Waals surface area contributed by atoms with Gasteiger partial charge in [-0.1, -0.05) is 6.92 Å². The average molecular weight is 325 g/mol. The van der Waals surface area contributed by atoms with Crippen molar-refractivity contribution in [3.05, 3.63) is 58.3 Å². The lowest BCUT2D eigenvalue weighted by atomic mass is 9.89. The summed E-state index contributed by atoms with van der Waals surface area (Å²) in [5.41, 5.74) is 0.247. The Labute approximate surface area is 119 Å². The minimum atomic E-state index is -1.11. The van der Waals surface area contributed by atoms with E-state index in [9.17, 15) is 9.50 Å². The van der Waals surface area contributed by atoms with Gasteiger partial charge in [-0.25, -0.2) is 4.39 Å². The van der Waals surface area contributed by atoms with Crippen molar-refractivity contribution in [1.82, 2.24) is 9.97 Å². The second-order valence-corrected chi connectivity index (χ2v) is 5.35. The maximum absolute atomic E-state index is 12.9. The van der Waals surface area contributed by atoms with Gasteiger partial charge in [-0.15, -0.1) is 0 Å². The molecule has 2 aromatic heterocycles. The summed E-state index contributed by atoms with van der Waals surface area (Å²) in [5.74, 6) is -0.411. The van der Waals surface area contributed by atoms with E-state index in [1.165, 1.54) is 12.1 Å². The minimum absolute atomic E-state index is 0.384. The Morgan fingerprint density at radius 2 is 2.11 bits per heavy atom. The molecule has 0 aromatic carbocycles. The lowest BCUT2D eigenvalue weighted by molar-refractivity contribution is 0.0281. The van der Waals surface area contributed by atoms with E-state index in [1.807, 2.05) is 13.0 Å². The number of halogens is 2. The summed E-state index contributed by atoms with van der Waals surface area (Å²) in [4.78, 5) is 8.05. The topological polar surface area (TPSA) is 46.0 Å². The number of rotatable bonds is 4. The highest BCUT2D eigenvalue weighted by Crippen LogP contribution is 2.28. The summed E-state index contributed by atoms with van der Waals surface area (Å²) < 4.78 is 13.8. The lowest BCUT2D eigenvalue weighted by Crippen LogP contribution is -2.29. The van der Waals surface area contributed by atoms with Crippen molar-refractivity contribution in [2.75, 3.05) is 0 Å². The summed E-state index contributed by atoms with van der Waals surface area (Å²) in [5, 5.41) is 10.7. The molecule has 0 aliphatic heterocycles. The first-order valence-electron chi connectivity index (χ1n) is 5.97. The number of aromatic nitrogens is 2. The van der Waals surface area contributed by atoms with Crippen LogP contribution < -0.4 is 0 Å². The lowest BCUT2D eigenvalue weighted by Gasteiger charge is -2.26. The number of hydrogen-bond donors (Lipinski definition) is 1. The molecule has 0 saturated carbocycles. The van der Waals surface area contributed by atoms with Gasteiger partial charge in [0, 0.05) is 23.3 Å². The molecule has 0 amide bonds. The van der Waals surface area contributed by atoms with Gasteiger partial charge in [0.25, 0.3) is 0 Å². The molecule has 2 rings (SSSR count). The molecule has 0 fully saturated rings. The van der Waals surface area contributed by atoms with E-state index in [0.29, 0.717) is 18.5 Å². The molecule has 1 unspecified atom stereocenters. The van der Waals surface area contributed by atoms with Crippen LogP contribution in [-0.4, -0.2) is 15.1 Å². The summed E-state index contributed by atoms with van der Waals surface area (Å²) in [6, 6.07) is 4.73. The molecule has 5 heteroatoms. The van der Waals surface area contributed by atoms with Crippen LogP contribution in [0, 0.1) is 5.82 Å². The molecular weight excluding hydrogens is 311 g/mol. The molecule has 0 radical (unpaired) electrons. The summed E-state index contributed by atoms with van der Waals surface area (Å²) in [7, 11) is 0. The zero-order valence-corrected chi connectivity index (χ0v) is 12.1. The third kappa shape index (κ3) is 3.36. The van der Waals surface area contributed by atoms with Crippen LogP contribution >= 0.6 is 15.9 Å². The Morgan fingerprint density at radius 3 is 2.68 bits per heavy atom. The Balaban J connectivity index is 2.29. The fourth-order valence-electron chi connectivity index (χ4n) is 1.94. The Morgan fingerprint density at radius 1 is 1.32 bits per heavy atom. The number of pyridine rings is 2. The van der Waals surface area contributed by atoms with Gasteiger partial charge in [-0.2, -0.15) is 0 Å². The zero-order chi connectivity index (χ0) is 13.9. The molecule has 2 heterocycles. The van der Waals surface area contributed by atoms with E-state index < -0.39 is 11.4 Å². The highest BCUT2D eigenvalue weighted by Gasteiger charge is 2.29. The largest absolute Gasteiger partial charge is 0.383 e. The first kappa shape index (κ1) is 14.1. The van der Waals surface area contributed by atoms with E-state index in [1.54, 1.807) is 12.4 Å². The van der Waals surface area contributed by atoms with E-state index >= 15 is 0 Å². The van der Waals surface area contributed by atoms with Crippen LogP contribution in [0.25, 0.3) is 0 Å². The summed E-state index contributed by atoms with van der Waals surface area (Å²) in [6.45, 7) is 1.87. The van der Waals surface area contributed by atoms with Gasteiger partial charge in [0.1, 0.15) is 11.4 Å². The molecule has 0 aliphatic carbocycles. The van der Waals surface area contributed by atoms with Crippen LogP contribution in [0.15, 0.2) is 41.3 Å². The van der Waals surface area contributed by atoms with Crippen molar-refractivity contribution in [3.8, 4) is 0 Å². The van der Waals surface area contributed by atoms with Gasteiger partial charge in [0.05, 0.1) is 11.9 Å². The maximum atomic E-state index is 12.9. The van der Waals surface area contributed by atoms with E-state index in [-0.39, 0.29) is 0 Å². The third-order valence-corrected chi connectivity index (χ3v) is 3.48. The van der Waals surface area contributed by atoms with E-state index in [4.69, 9.17) is 0 Å². The molecule has 19 heavy (non-hydrogen) atoms. The number of aliphatic hydroxyl groups is 1. The molecule has 0 bridgehead atoms. The van der Waals surface area contributed by atoms with E-state index in [2.05, 4.69) is 25.9 Å². The molecule has 0 spiro atoms. The van der Waals surface area contributed by atoms with Crippen LogP contribution in [0.2, 0.25) is 0 Å². The summed E-state index contributed by atoms with van der Waals surface area (Å²) >= 11 is 3.35. The molecular formula is C14H14BrFN2O. The first-order valence-corrected chi connectivity index (χ1v) is 6.76. The quantitative estimate of drug-likeness (QED) is 0.939. The molecule has 100 valence electrons. The zero-order valence-electron chi connectivity index (χ0n) is 10.5. The van der Waals surface area contributed by atoms with Gasteiger partial charge in [-0.3, -0.25) is 9.97 Å². The second kappa shape index (κ2) is 5.75. The van der Waals surface area contributed by atoms with Gasteiger partial charge >= 0.3 is 0 Å². The number of hydrogen-bond acceptors (Lipinski definition) is 3. The van der Waals surface area contributed by atoms with Crippen LogP contribution in [0.3, 0.4) is 0 Å². The highest BCUT2D eigenvalue weighted by molar-refractivity contribution is 9.10. The van der Waals surface area contributed by atoms with Crippen molar-refractivity contribution < 1.29 is 9.50 Å². The Kier molecular flexibility index (Phi) is 4.27. The Hall–Kier alpha value is -1.33. The predicted octanol–water partition coefficient (Wildman–Crippen LogP) is 3.22. The molecule has 1 atom stereocenters. The third-order valence-electron chi connectivity index (χ3n) is 3.05. The predicted molar refractivity (Wildman–Crippen MR) is 74.0 cm³/mol. The Bertz CT molecular complexity index is 562. The van der Waals surface area contributed by atoms with Gasteiger partial charge < -0.3 is 5.11 Å². The van der Waals surface area contributed by atoms with Crippen LogP contribution in [-0.2, 0) is 12.0 Å². The summed E-state index contributed by atoms with van der Waals surface area (Å²) in [6.07, 6.45) is 5.38. The molecule has 3 nitrogen and oxygen atoms in total. The van der Waals surface area contributed by atoms with Gasteiger partial charge in [0.15, 0.2) is 0 Å². The van der Waals surface area contributed by atoms with Gasteiger partial charge in [0.2, 0.25) is 0 Å². The maximum Gasteiger partial charge on any atom is 0.141 e. The monoisotopic (exact) mass is 324 g/mol. The van der Waals surface area contributed by atoms with Crippen molar-refractivity contribution in [1.29, 1.82) is 0 Å². The standard InChI is InChI=1S/C14H14BrFN2O/c1-2-14(19,13-4-3-12(16)9-18-13)6-10-5-11(15)8-17-7-10/h3-5,7-9,19H,2,6H2,1H3. The highest BCUT2D eigenvalue weighted by atomic mass is 79.9. The van der Waals surface area contributed by atoms with Crippen molar-refractivity contribution in [2.24, 2.45) is 0 Å². The molecule has 0 aliphatic rings.